The number of alkyl halides is 6. The van der Waals surface area contributed by atoms with Crippen molar-refractivity contribution in [2.24, 2.45) is 5.41 Å². The molecule has 1 fully saturated rings. The predicted molar refractivity (Wildman–Crippen MR) is 88.5 cm³/mol. The van der Waals surface area contributed by atoms with Gasteiger partial charge in [-0.3, -0.25) is 14.7 Å². The number of fused-ring (bicyclic) bond motifs is 1. The number of anilines is 1. The molecule has 0 atom stereocenters. The highest BCUT2D eigenvalue weighted by Crippen LogP contribution is 2.41. The highest BCUT2D eigenvalue weighted by Gasteiger charge is 2.48. The Labute approximate surface area is 156 Å². The minimum Gasteiger partial charge on any atom is -0.296 e. The zero-order valence-corrected chi connectivity index (χ0v) is 15.1. The maximum absolute atomic E-state index is 13.0. The number of aromatic nitrogens is 3. The van der Waals surface area contributed by atoms with Gasteiger partial charge in [0.2, 0.25) is 11.9 Å². The molecule has 0 radical (unpaired) electrons. The van der Waals surface area contributed by atoms with E-state index >= 15 is 0 Å². The lowest BCUT2D eigenvalue weighted by molar-refractivity contribution is -0.213. The van der Waals surface area contributed by atoms with Crippen LogP contribution in [0.5, 0.6) is 0 Å². The van der Waals surface area contributed by atoms with Crippen LogP contribution >= 0.6 is 0 Å². The third-order valence-corrected chi connectivity index (χ3v) is 4.92. The standard InChI is InChI=1S/C17H18F6N4O/c1-15(2,17(21,22)23)7-12(28)26-14-25-11-6-9(16(18,19)20)8-24-13(11)27(14)10-4-3-5-10/h6,8,10H,3-5,7H2,1-2H3,(H,25,26,28). The molecule has 11 heteroatoms. The first-order chi connectivity index (χ1) is 12.8. The van der Waals surface area contributed by atoms with E-state index in [-0.39, 0.29) is 23.2 Å². The van der Waals surface area contributed by atoms with E-state index in [1.54, 1.807) is 0 Å². The summed E-state index contributed by atoms with van der Waals surface area (Å²) < 4.78 is 79.3. The van der Waals surface area contributed by atoms with Crippen LogP contribution in [0.1, 0.15) is 51.1 Å². The van der Waals surface area contributed by atoms with Gasteiger partial charge < -0.3 is 0 Å². The largest absolute Gasteiger partial charge is 0.417 e. The van der Waals surface area contributed by atoms with Crippen molar-refractivity contribution in [1.82, 2.24) is 14.5 Å². The molecule has 2 heterocycles. The van der Waals surface area contributed by atoms with Gasteiger partial charge in [0.05, 0.1) is 11.0 Å². The summed E-state index contributed by atoms with van der Waals surface area (Å²) in [4.78, 5) is 20.0. The normalized spacial score (nSPS) is 16.3. The highest BCUT2D eigenvalue weighted by molar-refractivity contribution is 5.91. The Hall–Kier alpha value is -2.33. The van der Waals surface area contributed by atoms with Crippen molar-refractivity contribution in [2.75, 3.05) is 5.32 Å². The van der Waals surface area contributed by atoms with Crippen LogP contribution in [0.3, 0.4) is 0 Å². The monoisotopic (exact) mass is 408 g/mol. The fourth-order valence-corrected chi connectivity index (χ4v) is 2.89. The molecular formula is C17H18F6N4O. The summed E-state index contributed by atoms with van der Waals surface area (Å²) in [5.41, 5.74) is -3.17. The first-order valence-corrected chi connectivity index (χ1v) is 8.61. The number of carbonyl (C=O) groups excluding carboxylic acids is 1. The lowest BCUT2D eigenvalue weighted by atomic mass is 9.88. The summed E-state index contributed by atoms with van der Waals surface area (Å²) in [6.07, 6.45) is -7.04. The zero-order valence-electron chi connectivity index (χ0n) is 15.1. The van der Waals surface area contributed by atoms with Gasteiger partial charge in [0, 0.05) is 18.7 Å². The van der Waals surface area contributed by atoms with Crippen LogP contribution in [-0.2, 0) is 11.0 Å². The van der Waals surface area contributed by atoms with Crippen LogP contribution in [-0.4, -0.2) is 26.6 Å². The number of carbonyl (C=O) groups is 1. The number of halogens is 6. The summed E-state index contributed by atoms with van der Waals surface area (Å²) in [5.74, 6) is -1.01. The number of nitrogens with zero attached hydrogens (tertiary/aromatic N) is 3. The van der Waals surface area contributed by atoms with E-state index in [4.69, 9.17) is 0 Å². The minimum absolute atomic E-state index is 0.0768. The van der Waals surface area contributed by atoms with E-state index in [0.717, 1.165) is 26.3 Å². The van der Waals surface area contributed by atoms with Crippen LogP contribution in [0.15, 0.2) is 12.3 Å². The Morgan fingerprint density at radius 2 is 1.86 bits per heavy atom. The summed E-state index contributed by atoms with van der Waals surface area (Å²) >= 11 is 0. The Kier molecular flexibility index (Phi) is 4.83. The number of nitrogens with one attached hydrogen (secondary N) is 1. The van der Waals surface area contributed by atoms with Crippen LogP contribution in [0.4, 0.5) is 32.3 Å². The average Bonchev–Trinajstić information content (AvgIpc) is 2.80. The molecule has 1 aliphatic carbocycles. The molecule has 1 saturated carbocycles. The Balaban J connectivity index is 1.94. The van der Waals surface area contributed by atoms with Crippen molar-refractivity contribution >= 4 is 23.0 Å². The van der Waals surface area contributed by atoms with Gasteiger partial charge in [-0.1, -0.05) is 13.8 Å². The van der Waals surface area contributed by atoms with Crippen LogP contribution in [0, 0.1) is 5.41 Å². The van der Waals surface area contributed by atoms with Crippen molar-refractivity contribution in [1.29, 1.82) is 0 Å². The summed E-state index contributed by atoms with van der Waals surface area (Å²) in [6.45, 7) is 1.80. The molecule has 0 aromatic carbocycles. The van der Waals surface area contributed by atoms with Crippen LogP contribution < -0.4 is 5.32 Å². The lowest BCUT2D eigenvalue weighted by Crippen LogP contribution is -2.36. The molecular weight excluding hydrogens is 390 g/mol. The first kappa shape index (κ1) is 20.4. The Morgan fingerprint density at radius 3 is 2.36 bits per heavy atom. The highest BCUT2D eigenvalue weighted by atomic mass is 19.4. The molecule has 2 aromatic heterocycles. The van der Waals surface area contributed by atoms with Gasteiger partial charge in [-0.2, -0.15) is 26.3 Å². The number of amides is 1. The number of imidazole rings is 1. The summed E-state index contributed by atoms with van der Waals surface area (Å²) in [7, 11) is 0. The second-order valence-electron chi connectivity index (χ2n) is 7.56. The third-order valence-electron chi connectivity index (χ3n) is 4.92. The quantitative estimate of drug-likeness (QED) is 0.717. The van der Waals surface area contributed by atoms with Gasteiger partial charge in [0.25, 0.3) is 0 Å². The SMILES string of the molecule is CC(C)(CC(=O)Nc1nc2cc(C(F)(F)F)cnc2n1C1CCC1)C(F)(F)F. The third kappa shape index (κ3) is 3.79. The fourth-order valence-electron chi connectivity index (χ4n) is 2.89. The van der Waals surface area contributed by atoms with Gasteiger partial charge in [0.1, 0.15) is 5.52 Å². The van der Waals surface area contributed by atoms with Gasteiger partial charge in [-0.15, -0.1) is 0 Å². The molecule has 1 N–H and O–H groups in total. The van der Waals surface area contributed by atoms with Gasteiger partial charge in [-0.25, -0.2) is 9.97 Å². The number of rotatable bonds is 4. The lowest BCUT2D eigenvalue weighted by Gasteiger charge is -2.29. The van der Waals surface area contributed by atoms with E-state index in [1.165, 1.54) is 4.57 Å². The zero-order chi connectivity index (χ0) is 20.9. The number of hydrogen-bond acceptors (Lipinski definition) is 3. The first-order valence-electron chi connectivity index (χ1n) is 8.61. The number of pyridine rings is 1. The average molecular weight is 408 g/mol. The molecule has 0 spiro atoms. The van der Waals surface area contributed by atoms with Crippen molar-refractivity contribution in [3.05, 3.63) is 17.8 Å². The van der Waals surface area contributed by atoms with Gasteiger partial charge >= 0.3 is 12.4 Å². The second-order valence-corrected chi connectivity index (χ2v) is 7.56. The van der Waals surface area contributed by atoms with Gasteiger partial charge in [-0.05, 0) is 25.3 Å². The Morgan fingerprint density at radius 1 is 1.21 bits per heavy atom. The molecule has 0 saturated heterocycles. The summed E-state index contributed by atoms with van der Waals surface area (Å²) in [6, 6.07) is 0.687. The van der Waals surface area contributed by atoms with Crippen LogP contribution in [0.2, 0.25) is 0 Å². The van der Waals surface area contributed by atoms with Gasteiger partial charge in [0.15, 0.2) is 5.65 Å². The topological polar surface area (TPSA) is 59.8 Å². The maximum atomic E-state index is 13.0. The van der Waals surface area contributed by atoms with E-state index in [0.29, 0.717) is 19.0 Å². The molecule has 0 bridgehead atoms. The molecule has 5 nitrogen and oxygen atoms in total. The minimum atomic E-state index is -4.61. The van der Waals surface area contributed by atoms with E-state index in [1.807, 2.05) is 0 Å². The number of hydrogen-bond donors (Lipinski definition) is 1. The predicted octanol–water partition coefficient (Wildman–Crippen LogP) is 5.09. The molecule has 1 aliphatic rings. The van der Waals surface area contributed by atoms with Crippen LogP contribution in [0.25, 0.3) is 11.2 Å². The summed E-state index contributed by atoms with van der Waals surface area (Å²) in [5, 5.41) is 2.33. The van der Waals surface area contributed by atoms with E-state index < -0.39 is 35.7 Å². The maximum Gasteiger partial charge on any atom is 0.417 e. The molecule has 154 valence electrons. The molecule has 1 amide bonds. The molecule has 0 aliphatic heterocycles. The Bertz CT molecular complexity index is 895. The smallest absolute Gasteiger partial charge is 0.296 e. The molecule has 28 heavy (non-hydrogen) atoms. The van der Waals surface area contributed by atoms with Crippen molar-refractivity contribution in [3.8, 4) is 0 Å². The van der Waals surface area contributed by atoms with Crippen molar-refractivity contribution in [3.63, 3.8) is 0 Å². The second kappa shape index (κ2) is 6.63. The molecule has 3 rings (SSSR count). The van der Waals surface area contributed by atoms with Crippen molar-refractivity contribution < 1.29 is 31.1 Å². The molecule has 0 unspecified atom stereocenters. The van der Waals surface area contributed by atoms with Crippen molar-refractivity contribution in [2.45, 2.75) is 57.9 Å². The van der Waals surface area contributed by atoms with E-state index in [9.17, 15) is 31.1 Å². The van der Waals surface area contributed by atoms with E-state index in [2.05, 4.69) is 15.3 Å². The fraction of sp³-hybridized carbons (Fsp3) is 0.588. The molecule has 2 aromatic rings.